The monoisotopic (exact) mass is 307 g/mol. The van der Waals surface area contributed by atoms with Gasteiger partial charge in [0.1, 0.15) is 0 Å². The minimum absolute atomic E-state index is 0.258. The Morgan fingerprint density at radius 3 is 2.81 bits per heavy atom. The van der Waals surface area contributed by atoms with Crippen molar-refractivity contribution in [3.05, 3.63) is 29.8 Å². The minimum Gasteiger partial charge on any atom is -0.320 e. The molecule has 1 unspecified atom stereocenters. The van der Waals surface area contributed by atoms with Crippen molar-refractivity contribution in [3.8, 4) is 11.8 Å². The third-order valence-electron chi connectivity index (χ3n) is 3.66. The van der Waals surface area contributed by atoms with Crippen LogP contribution in [0.5, 0.6) is 0 Å². The van der Waals surface area contributed by atoms with Crippen LogP contribution in [-0.4, -0.2) is 57.4 Å². The van der Waals surface area contributed by atoms with E-state index in [4.69, 9.17) is 5.73 Å². The summed E-state index contributed by atoms with van der Waals surface area (Å²) in [6.07, 6.45) is 0.860. The van der Waals surface area contributed by atoms with E-state index in [1.54, 1.807) is 28.6 Å². The summed E-state index contributed by atoms with van der Waals surface area (Å²) in [7, 11) is 0.507. The smallest absolute Gasteiger partial charge is 0.243 e. The number of hydrogen-bond acceptors (Lipinski definition) is 4. The van der Waals surface area contributed by atoms with Crippen molar-refractivity contribution in [2.24, 2.45) is 5.73 Å². The van der Waals surface area contributed by atoms with Crippen LogP contribution in [0.4, 0.5) is 0 Å². The van der Waals surface area contributed by atoms with Crippen molar-refractivity contribution < 1.29 is 8.42 Å². The highest BCUT2D eigenvalue weighted by molar-refractivity contribution is 7.89. The molecule has 0 amide bonds. The first-order chi connectivity index (χ1) is 9.95. The summed E-state index contributed by atoms with van der Waals surface area (Å²) in [6.45, 7) is 1.35. The molecule has 1 aromatic carbocycles. The normalized spacial score (nSPS) is 19.5. The summed E-state index contributed by atoms with van der Waals surface area (Å²) in [4.78, 5) is 2.37. The Kier molecular flexibility index (Phi) is 5.01. The molecule has 0 bridgehead atoms. The zero-order chi connectivity index (χ0) is 15.5. The average Bonchev–Trinajstić information content (AvgIpc) is 2.96. The van der Waals surface area contributed by atoms with Gasteiger partial charge in [-0.05, 0) is 38.7 Å². The maximum absolute atomic E-state index is 12.7. The largest absolute Gasteiger partial charge is 0.320 e. The molecule has 2 N–H and O–H groups in total. The van der Waals surface area contributed by atoms with Crippen LogP contribution in [0.25, 0.3) is 0 Å². The second-order valence-corrected chi connectivity index (χ2v) is 7.24. The summed E-state index contributed by atoms with van der Waals surface area (Å²) in [5.41, 5.74) is 6.01. The number of hydrogen-bond donors (Lipinski definition) is 1. The van der Waals surface area contributed by atoms with Gasteiger partial charge in [-0.25, -0.2) is 8.42 Å². The van der Waals surface area contributed by atoms with Crippen LogP contribution in [0.1, 0.15) is 12.0 Å². The van der Waals surface area contributed by atoms with E-state index in [-0.39, 0.29) is 12.6 Å². The van der Waals surface area contributed by atoms with Gasteiger partial charge in [-0.3, -0.25) is 0 Å². The zero-order valence-corrected chi connectivity index (χ0v) is 13.2. The first-order valence-corrected chi connectivity index (χ1v) is 8.34. The molecule has 0 spiro atoms. The Hall–Kier alpha value is -1.39. The van der Waals surface area contributed by atoms with Gasteiger partial charge in [0.05, 0.1) is 11.4 Å². The van der Waals surface area contributed by atoms with Gasteiger partial charge in [0.15, 0.2) is 0 Å². The molecule has 2 rings (SSSR count). The van der Waals surface area contributed by atoms with Crippen molar-refractivity contribution in [2.75, 3.05) is 33.7 Å². The van der Waals surface area contributed by atoms with Crippen LogP contribution < -0.4 is 5.73 Å². The lowest BCUT2D eigenvalue weighted by atomic mass is 10.2. The molecule has 0 saturated carbocycles. The highest BCUT2D eigenvalue weighted by Crippen LogP contribution is 2.23. The standard InChI is InChI=1S/C15H21N3O2S/c1-17(2)14-8-10-18(12-14)21(19,20)15-7-3-5-13(11-15)6-4-9-16/h3,5,7,11,14H,8-10,12,16H2,1-2H3. The molecular formula is C15H21N3O2S. The Bertz CT molecular complexity index is 659. The van der Waals surface area contributed by atoms with Gasteiger partial charge in [-0.2, -0.15) is 4.31 Å². The minimum atomic E-state index is -3.45. The van der Waals surface area contributed by atoms with Crippen LogP contribution in [-0.2, 0) is 10.0 Å². The molecule has 0 aromatic heterocycles. The highest BCUT2D eigenvalue weighted by atomic mass is 32.2. The number of sulfonamides is 1. The highest BCUT2D eigenvalue weighted by Gasteiger charge is 2.33. The van der Waals surface area contributed by atoms with E-state index in [9.17, 15) is 8.42 Å². The Morgan fingerprint density at radius 2 is 2.19 bits per heavy atom. The predicted molar refractivity (Wildman–Crippen MR) is 83.2 cm³/mol. The van der Waals surface area contributed by atoms with Gasteiger partial charge in [-0.1, -0.05) is 17.9 Å². The Morgan fingerprint density at radius 1 is 1.43 bits per heavy atom. The van der Waals surface area contributed by atoms with E-state index >= 15 is 0 Å². The van der Waals surface area contributed by atoms with Crippen molar-refractivity contribution in [1.29, 1.82) is 0 Å². The second kappa shape index (κ2) is 6.58. The molecule has 5 nitrogen and oxygen atoms in total. The molecule has 114 valence electrons. The molecule has 1 atom stereocenters. The van der Waals surface area contributed by atoms with Gasteiger partial charge in [0, 0.05) is 24.7 Å². The summed E-state index contributed by atoms with van der Waals surface area (Å²) >= 11 is 0. The van der Waals surface area contributed by atoms with Crippen molar-refractivity contribution >= 4 is 10.0 Å². The van der Waals surface area contributed by atoms with Crippen molar-refractivity contribution in [2.45, 2.75) is 17.4 Å². The SMILES string of the molecule is CN(C)C1CCN(S(=O)(=O)c2cccc(C#CCN)c2)C1. The lowest BCUT2D eigenvalue weighted by molar-refractivity contribution is 0.302. The Balaban J connectivity index is 2.24. The fourth-order valence-corrected chi connectivity index (χ4v) is 3.93. The van der Waals surface area contributed by atoms with Gasteiger partial charge < -0.3 is 10.6 Å². The van der Waals surface area contributed by atoms with Gasteiger partial charge >= 0.3 is 0 Å². The molecule has 1 aliphatic rings. The van der Waals surface area contributed by atoms with Crippen LogP contribution in [0, 0.1) is 11.8 Å². The molecule has 21 heavy (non-hydrogen) atoms. The molecule has 1 aromatic rings. The summed E-state index contributed by atoms with van der Waals surface area (Å²) in [5.74, 6) is 5.61. The lowest BCUT2D eigenvalue weighted by Gasteiger charge is -2.20. The number of benzene rings is 1. The fourth-order valence-electron chi connectivity index (χ4n) is 2.39. The maximum Gasteiger partial charge on any atom is 0.243 e. The zero-order valence-electron chi connectivity index (χ0n) is 12.4. The predicted octanol–water partition coefficient (Wildman–Crippen LogP) is 0.321. The van der Waals surface area contributed by atoms with E-state index in [0.29, 0.717) is 23.5 Å². The number of likely N-dealkylation sites (N-methyl/N-ethyl adjacent to an activating group) is 1. The first-order valence-electron chi connectivity index (χ1n) is 6.90. The first kappa shape index (κ1) is 16.0. The molecular weight excluding hydrogens is 286 g/mol. The third-order valence-corrected chi connectivity index (χ3v) is 5.52. The van der Waals surface area contributed by atoms with E-state index in [2.05, 4.69) is 16.7 Å². The van der Waals surface area contributed by atoms with Gasteiger partial charge in [-0.15, -0.1) is 0 Å². The second-order valence-electron chi connectivity index (χ2n) is 5.30. The molecule has 1 heterocycles. The maximum atomic E-state index is 12.7. The molecule has 6 heteroatoms. The molecule has 1 fully saturated rings. The van der Waals surface area contributed by atoms with Gasteiger partial charge in [0.25, 0.3) is 0 Å². The fraction of sp³-hybridized carbons (Fsp3) is 0.467. The lowest BCUT2D eigenvalue weighted by Crippen LogP contribution is -2.34. The van der Waals surface area contributed by atoms with Crippen molar-refractivity contribution in [1.82, 2.24) is 9.21 Å². The van der Waals surface area contributed by atoms with E-state index in [1.807, 2.05) is 14.1 Å². The van der Waals surface area contributed by atoms with Crippen LogP contribution in [0.3, 0.4) is 0 Å². The van der Waals surface area contributed by atoms with Crippen LogP contribution >= 0.6 is 0 Å². The van der Waals surface area contributed by atoms with Gasteiger partial charge in [0.2, 0.25) is 10.0 Å². The van der Waals surface area contributed by atoms with E-state index in [1.165, 1.54) is 0 Å². The van der Waals surface area contributed by atoms with Crippen LogP contribution in [0.15, 0.2) is 29.2 Å². The molecule has 1 saturated heterocycles. The summed E-state index contributed by atoms with van der Waals surface area (Å²) in [5, 5.41) is 0. The number of rotatable bonds is 3. The average molecular weight is 307 g/mol. The summed E-state index contributed by atoms with van der Waals surface area (Å²) in [6, 6.07) is 7.01. The van der Waals surface area contributed by atoms with Crippen molar-refractivity contribution in [3.63, 3.8) is 0 Å². The molecule has 1 aliphatic heterocycles. The molecule has 0 aliphatic carbocycles. The molecule has 0 radical (unpaired) electrons. The van der Waals surface area contributed by atoms with E-state index < -0.39 is 10.0 Å². The Labute approximate surface area is 126 Å². The third kappa shape index (κ3) is 3.63. The summed E-state index contributed by atoms with van der Waals surface area (Å²) < 4.78 is 26.9. The number of nitrogens with two attached hydrogens (primary N) is 1. The van der Waals surface area contributed by atoms with E-state index in [0.717, 1.165) is 6.42 Å². The number of nitrogens with zero attached hydrogens (tertiary/aromatic N) is 2. The quantitative estimate of drug-likeness (QED) is 0.817. The van der Waals surface area contributed by atoms with Crippen LogP contribution in [0.2, 0.25) is 0 Å². The topological polar surface area (TPSA) is 66.6 Å².